The molecular weight excluding hydrogens is 507 g/mol. The number of aromatic nitrogens is 3. The normalized spacial score (nSPS) is 23.6. The highest BCUT2D eigenvalue weighted by atomic mass is 35.5. The van der Waals surface area contributed by atoms with Crippen molar-refractivity contribution < 1.29 is 18.7 Å². The van der Waals surface area contributed by atoms with Gasteiger partial charge in [0.2, 0.25) is 0 Å². The summed E-state index contributed by atoms with van der Waals surface area (Å²) in [7, 11) is 1.33. The fourth-order valence-electron chi connectivity index (χ4n) is 5.10. The number of carbonyl (C=O) groups excluding carboxylic acids is 1. The lowest BCUT2D eigenvalue weighted by atomic mass is 9.90. The Kier molecular flexibility index (Phi) is 6.08. The van der Waals surface area contributed by atoms with Gasteiger partial charge in [0.05, 0.1) is 38.1 Å². The number of nitrogens with one attached hydrogen (secondary N) is 2. The summed E-state index contributed by atoms with van der Waals surface area (Å²) in [5.74, 6) is -0.490. The van der Waals surface area contributed by atoms with Crippen LogP contribution in [-0.4, -0.2) is 64.8 Å². The van der Waals surface area contributed by atoms with Gasteiger partial charge in [-0.15, -0.1) is 11.3 Å². The summed E-state index contributed by atoms with van der Waals surface area (Å²) >= 11 is 7.88. The number of methoxy groups -OCH3 is 1. The van der Waals surface area contributed by atoms with Crippen LogP contribution in [0.1, 0.15) is 33.9 Å². The molecule has 0 spiro atoms. The quantitative estimate of drug-likeness (QED) is 0.490. The number of H-pyrrole nitrogens is 1. The summed E-state index contributed by atoms with van der Waals surface area (Å²) in [6.07, 6.45) is 4.29. The van der Waals surface area contributed by atoms with Gasteiger partial charge in [-0.2, -0.15) is 5.10 Å². The van der Waals surface area contributed by atoms with Crippen molar-refractivity contribution in [3.05, 3.63) is 79.9 Å². The summed E-state index contributed by atoms with van der Waals surface area (Å²) in [5.41, 5.74) is 3.67. The van der Waals surface area contributed by atoms with Crippen molar-refractivity contribution in [2.24, 2.45) is 4.99 Å². The SMILES string of the molecule is COC(=O)C1=C(CN2C3COCC2c2cn[nH]c2C3)NC(c2nccs2)=N[C@H]1c1ccc(F)cc1Cl. The predicted molar refractivity (Wildman–Crippen MR) is 131 cm³/mol. The molecule has 186 valence electrons. The zero-order valence-electron chi connectivity index (χ0n) is 19.2. The number of hydrogen-bond acceptors (Lipinski definition) is 9. The van der Waals surface area contributed by atoms with Crippen molar-refractivity contribution in [3.63, 3.8) is 0 Å². The molecule has 3 atom stereocenters. The van der Waals surface area contributed by atoms with E-state index in [0.717, 1.165) is 17.7 Å². The summed E-state index contributed by atoms with van der Waals surface area (Å²) in [6.45, 7) is 1.49. The van der Waals surface area contributed by atoms with E-state index >= 15 is 0 Å². The van der Waals surface area contributed by atoms with Crippen LogP contribution in [-0.2, 0) is 20.7 Å². The number of thiazole rings is 1. The number of benzene rings is 1. The molecular formula is C24H22ClFN6O3S. The second-order valence-electron chi connectivity index (χ2n) is 8.78. The second-order valence-corrected chi connectivity index (χ2v) is 10.1. The van der Waals surface area contributed by atoms with Crippen LogP contribution >= 0.6 is 22.9 Å². The number of morpholine rings is 1. The Bertz CT molecular complexity index is 1370. The van der Waals surface area contributed by atoms with E-state index in [1.165, 1.54) is 30.6 Å². The van der Waals surface area contributed by atoms with Crippen molar-refractivity contribution in [3.8, 4) is 0 Å². The van der Waals surface area contributed by atoms with Crippen LogP contribution in [0.3, 0.4) is 0 Å². The van der Waals surface area contributed by atoms with Crippen molar-refractivity contribution in [1.82, 2.24) is 25.4 Å². The first-order chi connectivity index (χ1) is 17.5. The lowest BCUT2D eigenvalue weighted by Crippen LogP contribution is -2.53. The van der Waals surface area contributed by atoms with Gasteiger partial charge in [0, 0.05) is 58.1 Å². The van der Waals surface area contributed by atoms with E-state index in [4.69, 9.17) is 26.1 Å². The molecule has 2 aromatic heterocycles. The van der Waals surface area contributed by atoms with Crippen molar-refractivity contribution >= 4 is 34.7 Å². The average molecular weight is 529 g/mol. The number of aliphatic imine (C=N–C) groups is 1. The molecule has 6 rings (SSSR count). The van der Waals surface area contributed by atoms with Gasteiger partial charge in [0.15, 0.2) is 10.8 Å². The lowest BCUT2D eigenvalue weighted by molar-refractivity contribution is -0.136. The number of halogens is 2. The topological polar surface area (TPSA) is 105 Å². The largest absolute Gasteiger partial charge is 0.466 e. The number of esters is 1. The molecule has 0 radical (unpaired) electrons. The molecule has 12 heteroatoms. The molecule has 0 amide bonds. The number of carbonyl (C=O) groups is 1. The standard InChI is InChI=1S/C24H22ClFN6O3S/c1-34-24(33)20-18(9-32-13-7-17-15(8-28-31-17)19(32)11-35-10-13)29-22(23-27-4-5-36-23)30-21(20)14-3-2-12(26)6-16(14)25/h2-6,8,13,19,21H,7,9-11H2,1H3,(H,28,31)(H,29,30)/t13?,19?,21-/m0/s1. The fraction of sp³-hybridized carbons (Fsp3) is 0.333. The Morgan fingerprint density at radius 3 is 3.03 bits per heavy atom. The number of rotatable bonds is 5. The summed E-state index contributed by atoms with van der Waals surface area (Å²) < 4.78 is 24.9. The van der Waals surface area contributed by atoms with E-state index in [9.17, 15) is 9.18 Å². The smallest absolute Gasteiger partial charge is 0.338 e. The van der Waals surface area contributed by atoms with Gasteiger partial charge >= 0.3 is 5.97 Å². The van der Waals surface area contributed by atoms with Gasteiger partial charge in [-0.25, -0.2) is 14.2 Å². The third kappa shape index (κ3) is 4.01. The average Bonchev–Trinajstić information content (AvgIpc) is 3.56. The lowest BCUT2D eigenvalue weighted by Gasteiger charge is -2.46. The number of amidine groups is 1. The Hall–Kier alpha value is -3.12. The van der Waals surface area contributed by atoms with Crippen LogP contribution in [0.25, 0.3) is 0 Å². The first kappa shape index (κ1) is 23.3. The third-order valence-corrected chi connectivity index (χ3v) is 7.88. The van der Waals surface area contributed by atoms with Crippen molar-refractivity contribution in [1.29, 1.82) is 0 Å². The second kappa shape index (κ2) is 9.40. The van der Waals surface area contributed by atoms with Gasteiger partial charge in [-0.3, -0.25) is 15.0 Å². The van der Waals surface area contributed by atoms with Gasteiger partial charge in [-0.1, -0.05) is 17.7 Å². The minimum Gasteiger partial charge on any atom is -0.466 e. The van der Waals surface area contributed by atoms with Crippen LogP contribution in [0.2, 0.25) is 5.02 Å². The minimum atomic E-state index is -0.800. The van der Waals surface area contributed by atoms with E-state index in [-0.39, 0.29) is 17.1 Å². The minimum absolute atomic E-state index is 0.0190. The molecule has 1 aromatic carbocycles. The highest BCUT2D eigenvalue weighted by molar-refractivity contribution is 7.11. The van der Waals surface area contributed by atoms with Gasteiger partial charge in [0.25, 0.3) is 0 Å². The fourth-order valence-corrected chi connectivity index (χ4v) is 5.96. The number of hydrogen-bond donors (Lipinski definition) is 2. The molecule has 36 heavy (non-hydrogen) atoms. The molecule has 2 unspecified atom stereocenters. The molecule has 9 nitrogen and oxygen atoms in total. The molecule has 2 bridgehead atoms. The Morgan fingerprint density at radius 2 is 2.25 bits per heavy atom. The number of aromatic amines is 1. The predicted octanol–water partition coefficient (Wildman–Crippen LogP) is 3.18. The van der Waals surface area contributed by atoms with Gasteiger partial charge in [0.1, 0.15) is 11.9 Å². The van der Waals surface area contributed by atoms with Crippen LogP contribution < -0.4 is 5.32 Å². The molecule has 0 saturated carbocycles. The summed E-state index contributed by atoms with van der Waals surface area (Å²) in [4.78, 5) is 24.7. The summed E-state index contributed by atoms with van der Waals surface area (Å²) in [5, 5.41) is 13.4. The van der Waals surface area contributed by atoms with E-state index < -0.39 is 17.8 Å². The highest BCUT2D eigenvalue weighted by Gasteiger charge is 2.42. The third-order valence-electron chi connectivity index (χ3n) is 6.77. The molecule has 1 fully saturated rings. The first-order valence-corrected chi connectivity index (χ1v) is 12.7. The number of fused-ring (bicyclic) bond motifs is 4. The van der Waals surface area contributed by atoms with Crippen molar-refractivity contribution in [2.75, 3.05) is 26.9 Å². The van der Waals surface area contributed by atoms with E-state index in [1.54, 1.807) is 12.3 Å². The first-order valence-electron chi connectivity index (χ1n) is 11.4. The molecule has 3 aromatic rings. The molecule has 3 aliphatic heterocycles. The molecule has 2 N–H and O–H groups in total. The summed E-state index contributed by atoms with van der Waals surface area (Å²) in [6, 6.07) is 3.36. The van der Waals surface area contributed by atoms with E-state index in [1.807, 2.05) is 11.6 Å². The molecule has 3 aliphatic rings. The Morgan fingerprint density at radius 1 is 1.36 bits per heavy atom. The zero-order valence-corrected chi connectivity index (χ0v) is 20.8. The zero-order chi connectivity index (χ0) is 24.8. The van der Waals surface area contributed by atoms with E-state index in [2.05, 4.69) is 25.4 Å². The monoisotopic (exact) mass is 528 g/mol. The Balaban J connectivity index is 1.46. The maximum atomic E-state index is 13.9. The van der Waals surface area contributed by atoms with Crippen molar-refractivity contribution in [2.45, 2.75) is 24.5 Å². The van der Waals surface area contributed by atoms with Crippen LogP contribution in [0.5, 0.6) is 0 Å². The Labute approximate surface area is 215 Å². The van der Waals surface area contributed by atoms with Gasteiger partial charge in [-0.05, 0) is 12.1 Å². The van der Waals surface area contributed by atoms with Crippen LogP contribution in [0.4, 0.5) is 4.39 Å². The molecule has 1 saturated heterocycles. The van der Waals surface area contributed by atoms with E-state index in [0.29, 0.717) is 47.4 Å². The van der Waals surface area contributed by atoms with Gasteiger partial charge < -0.3 is 14.8 Å². The maximum Gasteiger partial charge on any atom is 0.338 e. The maximum absolute atomic E-state index is 13.9. The highest BCUT2D eigenvalue weighted by Crippen LogP contribution is 2.40. The number of ether oxygens (including phenoxy) is 2. The van der Waals surface area contributed by atoms with Crippen LogP contribution in [0.15, 0.2) is 52.2 Å². The number of nitrogens with zero attached hydrogens (tertiary/aromatic N) is 4. The van der Waals surface area contributed by atoms with Crippen LogP contribution in [0, 0.1) is 5.82 Å². The molecule has 0 aliphatic carbocycles. The molecule has 5 heterocycles.